The molecule has 8 heteroatoms. The minimum absolute atomic E-state index is 0.0792. The maximum atomic E-state index is 12.1. The lowest BCUT2D eigenvalue weighted by atomic mass is 10.1. The van der Waals surface area contributed by atoms with Crippen LogP contribution >= 0.6 is 23.2 Å². The van der Waals surface area contributed by atoms with Crippen molar-refractivity contribution in [1.82, 2.24) is 25.1 Å². The van der Waals surface area contributed by atoms with Crippen LogP contribution in [0.4, 0.5) is 0 Å². The van der Waals surface area contributed by atoms with Gasteiger partial charge in [-0.15, -0.1) is 0 Å². The predicted octanol–water partition coefficient (Wildman–Crippen LogP) is 3.22. The third-order valence-electron chi connectivity index (χ3n) is 3.63. The summed E-state index contributed by atoms with van der Waals surface area (Å²) in [6.45, 7) is 0.352. The van der Waals surface area contributed by atoms with Gasteiger partial charge >= 0.3 is 0 Å². The second kappa shape index (κ2) is 8.09. The second-order valence-electron chi connectivity index (χ2n) is 5.32. The number of rotatable bonds is 6. The molecule has 128 valence electrons. The molecule has 0 radical (unpaired) electrons. The Bertz CT molecular complexity index is 867. The summed E-state index contributed by atoms with van der Waals surface area (Å²) in [6.07, 6.45) is 5.51. The summed E-state index contributed by atoms with van der Waals surface area (Å²) in [5.41, 5.74) is 1.70. The van der Waals surface area contributed by atoms with Crippen molar-refractivity contribution in [2.75, 3.05) is 0 Å². The molecule has 0 aliphatic rings. The molecule has 0 fully saturated rings. The van der Waals surface area contributed by atoms with Crippen LogP contribution in [0.5, 0.6) is 0 Å². The first-order valence-corrected chi connectivity index (χ1v) is 8.39. The third kappa shape index (κ3) is 4.35. The van der Waals surface area contributed by atoms with Crippen LogP contribution in [-0.2, 0) is 17.8 Å². The fourth-order valence-electron chi connectivity index (χ4n) is 2.36. The van der Waals surface area contributed by atoms with Gasteiger partial charge in [0, 0.05) is 24.7 Å². The van der Waals surface area contributed by atoms with Gasteiger partial charge in [0.1, 0.15) is 12.7 Å². The number of pyridine rings is 1. The summed E-state index contributed by atoms with van der Waals surface area (Å²) in [5.74, 6) is 0.558. The first kappa shape index (κ1) is 17.4. The highest BCUT2D eigenvalue weighted by Crippen LogP contribution is 2.26. The molecular formula is C17H15Cl2N5O. The summed E-state index contributed by atoms with van der Waals surface area (Å²) in [4.78, 5) is 20.3. The van der Waals surface area contributed by atoms with Crippen molar-refractivity contribution in [3.05, 3.63) is 70.4 Å². The lowest BCUT2D eigenvalue weighted by molar-refractivity contribution is -0.121. The van der Waals surface area contributed by atoms with Crippen molar-refractivity contribution in [2.45, 2.75) is 19.4 Å². The van der Waals surface area contributed by atoms with Gasteiger partial charge in [0.05, 0.1) is 10.0 Å². The number of nitrogens with one attached hydrogen (secondary N) is 1. The fraction of sp³-hybridized carbons (Fsp3) is 0.176. The lowest BCUT2D eigenvalue weighted by Crippen LogP contribution is -2.24. The maximum Gasteiger partial charge on any atom is 0.220 e. The Morgan fingerprint density at radius 3 is 2.80 bits per heavy atom. The Morgan fingerprint density at radius 1 is 1.16 bits per heavy atom. The van der Waals surface area contributed by atoms with Crippen LogP contribution < -0.4 is 5.32 Å². The van der Waals surface area contributed by atoms with E-state index in [0.717, 1.165) is 11.1 Å². The highest BCUT2D eigenvalue weighted by molar-refractivity contribution is 6.42. The summed E-state index contributed by atoms with van der Waals surface area (Å²) in [6, 6.07) is 9.11. The smallest absolute Gasteiger partial charge is 0.220 e. The van der Waals surface area contributed by atoms with Gasteiger partial charge in [-0.05, 0) is 24.1 Å². The van der Waals surface area contributed by atoms with Crippen LogP contribution in [0.25, 0.3) is 5.82 Å². The first-order chi connectivity index (χ1) is 12.1. The molecule has 25 heavy (non-hydrogen) atoms. The zero-order valence-electron chi connectivity index (χ0n) is 13.2. The van der Waals surface area contributed by atoms with Crippen LogP contribution in [-0.4, -0.2) is 25.7 Å². The van der Waals surface area contributed by atoms with E-state index in [2.05, 4.69) is 20.4 Å². The molecular weight excluding hydrogens is 361 g/mol. The molecule has 2 heterocycles. The van der Waals surface area contributed by atoms with Gasteiger partial charge in [-0.25, -0.2) is 14.6 Å². The Kier molecular flexibility index (Phi) is 5.63. The standard InChI is InChI=1S/C17H15Cl2N5O/c18-14-5-1-3-12(16(14)19)6-7-15(25)22-9-13-4-2-8-21-17(13)24-11-20-10-23-24/h1-5,8,10-11H,6-7,9H2,(H,22,25). The number of hydrogen-bond acceptors (Lipinski definition) is 4. The van der Waals surface area contributed by atoms with Crippen molar-refractivity contribution >= 4 is 29.1 Å². The van der Waals surface area contributed by atoms with Gasteiger partial charge in [0.2, 0.25) is 5.91 Å². The molecule has 1 N–H and O–H groups in total. The molecule has 6 nitrogen and oxygen atoms in total. The molecule has 0 saturated carbocycles. The number of aryl methyl sites for hydroxylation is 1. The monoisotopic (exact) mass is 375 g/mol. The van der Waals surface area contributed by atoms with Crippen LogP contribution in [0, 0.1) is 0 Å². The zero-order valence-corrected chi connectivity index (χ0v) is 14.7. The largest absolute Gasteiger partial charge is 0.352 e. The number of benzene rings is 1. The minimum atomic E-state index is -0.0792. The topological polar surface area (TPSA) is 72.7 Å². The third-order valence-corrected chi connectivity index (χ3v) is 4.49. The van der Waals surface area contributed by atoms with E-state index in [1.165, 1.54) is 6.33 Å². The minimum Gasteiger partial charge on any atom is -0.352 e. The molecule has 0 saturated heterocycles. The van der Waals surface area contributed by atoms with Crippen molar-refractivity contribution < 1.29 is 4.79 Å². The van der Waals surface area contributed by atoms with E-state index in [9.17, 15) is 4.79 Å². The maximum absolute atomic E-state index is 12.1. The lowest BCUT2D eigenvalue weighted by Gasteiger charge is -2.10. The fourth-order valence-corrected chi connectivity index (χ4v) is 2.78. The van der Waals surface area contributed by atoms with Crippen molar-refractivity contribution in [1.29, 1.82) is 0 Å². The molecule has 0 atom stereocenters. The van der Waals surface area contributed by atoms with Gasteiger partial charge in [-0.1, -0.05) is 41.4 Å². The number of nitrogens with zero attached hydrogens (tertiary/aromatic N) is 4. The highest BCUT2D eigenvalue weighted by Gasteiger charge is 2.10. The SMILES string of the molecule is O=C(CCc1cccc(Cl)c1Cl)NCc1cccnc1-n1cncn1. The van der Waals surface area contributed by atoms with E-state index in [4.69, 9.17) is 23.2 Å². The number of amides is 1. The molecule has 0 aliphatic carbocycles. The Morgan fingerprint density at radius 2 is 2.00 bits per heavy atom. The number of carbonyl (C=O) groups excluding carboxylic acids is 1. The first-order valence-electron chi connectivity index (χ1n) is 7.63. The molecule has 0 spiro atoms. The highest BCUT2D eigenvalue weighted by atomic mass is 35.5. The summed E-state index contributed by atoms with van der Waals surface area (Å²) < 4.78 is 1.56. The van der Waals surface area contributed by atoms with E-state index >= 15 is 0 Å². The normalized spacial score (nSPS) is 10.6. The molecule has 0 unspecified atom stereocenters. The number of halogens is 2. The molecule has 0 aliphatic heterocycles. The Hall–Kier alpha value is -2.44. The summed E-state index contributed by atoms with van der Waals surface area (Å²) >= 11 is 12.1. The van der Waals surface area contributed by atoms with Gasteiger partial charge in [-0.3, -0.25) is 4.79 Å². The van der Waals surface area contributed by atoms with Gasteiger partial charge in [-0.2, -0.15) is 5.10 Å². The molecule has 3 aromatic rings. The Labute approximate surface area is 154 Å². The molecule has 3 rings (SSSR count). The van der Waals surface area contributed by atoms with Gasteiger partial charge < -0.3 is 5.32 Å². The second-order valence-corrected chi connectivity index (χ2v) is 6.10. The number of carbonyl (C=O) groups is 1. The molecule has 0 bridgehead atoms. The Balaban J connectivity index is 1.59. The molecule has 1 amide bonds. The van der Waals surface area contributed by atoms with Crippen LogP contribution in [0.2, 0.25) is 10.0 Å². The van der Waals surface area contributed by atoms with E-state index < -0.39 is 0 Å². The number of hydrogen-bond donors (Lipinski definition) is 1. The average molecular weight is 376 g/mol. The van der Waals surface area contributed by atoms with E-state index in [-0.39, 0.29) is 5.91 Å². The van der Waals surface area contributed by atoms with Crippen LogP contribution in [0.15, 0.2) is 49.2 Å². The van der Waals surface area contributed by atoms with Gasteiger partial charge in [0.25, 0.3) is 0 Å². The van der Waals surface area contributed by atoms with Crippen molar-refractivity contribution in [2.24, 2.45) is 0 Å². The summed E-state index contributed by atoms with van der Waals surface area (Å²) in [7, 11) is 0. The molecule has 2 aromatic heterocycles. The van der Waals surface area contributed by atoms with Crippen LogP contribution in [0.3, 0.4) is 0 Å². The quantitative estimate of drug-likeness (QED) is 0.717. The van der Waals surface area contributed by atoms with Crippen molar-refractivity contribution in [3.8, 4) is 5.82 Å². The molecule has 1 aromatic carbocycles. The van der Waals surface area contributed by atoms with E-state index in [1.54, 1.807) is 23.3 Å². The zero-order chi connectivity index (χ0) is 17.6. The average Bonchev–Trinajstić information content (AvgIpc) is 3.16. The van der Waals surface area contributed by atoms with Gasteiger partial charge in [0.15, 0.2) is 5.82 Å². The van der Waals surface area contributed by atoms with Crippen LogP contribution in [0.1, 0.15) is 17.5 Å². The van der Waals surface area contributed by atoms with E-state index in [1.807, 2.05) is 24.3 Å². The van der Waals surface area contributed by atoms with E-state index in [0.29, 0.717) is 35.2 Å². The predicted molar refractivity (Wildman–Crippen MR) is 95.8 cm³/mol. The van der Waals surface area contributed by atoms with Crippen molar-refractivity contribution in [3.63, 3.8) is 0 Å². The summed E-state index contributed by atoms with van der Waals surface area (Å²) in [5, 5.41) is 7.95. The number of aromatic nitrogens is 4.